The number of methoxy groups -OCH3 is 2. The first kappa shape index (κ1) is 38.6. The average molecular weight is 517 g/mol. The van der Waals surface area contributed by atoms with E-state index in [0.717, 1.165) is 48.9 Å². The topological polar surface area (TPSA) is 61.8 Å². The second-order valence-electron chi connectivity index (χ2n) is 8.34. The first-order valence-electron chi connectivity index (χ1n) is 12.9. The molecule has 1 aliphatic rings. The van der Waals surface area contributed by atoms with Gasteiger partial charge >= 0.3 is 0 Å². The van der Waals surface area contributed by atoms with Gasteiger partial charge in [0, 0.05) is 24.7 Å². The Morgan fingerprint density at radius 3 is 1.86 bits per heavy atom. The van der Waals surface area contributed by atoms with E-state index in [4.69, 9.17) is 19.0 Å². The van der Waals surface area contributed by atoms with Crippen LogP contribution in [0.4, 0.5) is 0 Å². The summed E-state index contributed by atoms with van der Waals surface area (Å²) >= 11 is 0. The first-order valence-corrected chi connectivity index (χ1v) is 12.9. The Hall–Kier alpha value is -2.92. The molecule has 0 radical (unpaired) electrons. The molecule has 210 valence electrons. The zero-order valence-electron chi connectivity index (χ0n) is 24.4. The van der Waals surface area contributed by atoms with Crippen LogP contribution in [0.2, 0.25) is 0 Å². The highest BCUT2D eigenvalue weighted by Gasteiger charge is 2.18. The van der Waals surface area contributed by atoms with E-state index in [1.54, 1.807) is 26.4 Å². The van der Waals surface area contributed by atoms with Crippen LogP contribution in [0.3, 0.4) is 0 Å². The van der Waals surface area contributed by atoms with Gasteiger partial charge in [0.15, 0.2) is 0 Å². The van der Waals surface area contributed by atoms with E-state index < -0.39 is 0 Å². The fourth-order valence-electron chi connectivity index (χ4n) is 2.98. The van der Waals surface area contributed by atoms with Crippen LogP contribution in [-0.2, 0) is 23.8 Å². The molecule has 1 saturated carbocycles. The summed E-state index contributed by atoms with van der Waals surface area (Å²) in [7, 11) is 3.17. The first-order chi connectivity index (χ1) is 17.6. The van der Waals surface area contributed by atoms with Crippen molar-refractivity contribution >= 4 is 12.6 Å². The van der Waals surface area contributed by atoms with E-state index in [1.807, 2.05) is 26.0 Å². The Balaban J connectivity index is -0.000000591. The van der Waals surface area contributed by atoms with Crippen molar-refractivity contribution in [3.05, 3.63) is 85.4 Å². The normalized spacial score (nSPS) is 16.2. The largest absolute Gasteiger partial charge is 0.497 e. The van der Waals surface area contributed by atoms with E-state index in [2.05, 4.69) is 39.8 Å². The van der Waals surface area contributed by atoms with Gasteiger partial charge in [0.05, 0.1) is 13.7 Å². The number of carbonyl (C=O) groups is 2. The molecule has 0 aromatic heterocycles. The number of hydrogen-bond donors (Lipinski definition) is 0. The molecule has 0 unspecified atom stereocenters. The van der Waals surface area contributed by atoms with Crippen LogP contribution < -0.4 is 0 Å². The molecule has 0 aromatic carbocycles. The quantitative estimate of drug-likeness (QED) is 0.0813. The molecule has 0 bridgehead atoms. The summed E-state index contributed by atoms with van der Waals surface area (Å²) in [6.07, 6.45) is 16.1. The van der Waals surface area contributed by atoms with Crippen LogP contribution in [0.25, 0.3) is 0 Å². The molecule has 37 heavy (non-hydrogen) atoms. The Morgan fingerprint density at radius 1 is 0.919 bits per heavy atom. The smallest absolute Gasteiger partial charge is 0.130 e. The van der Waals surface area contributed by atoms with Crippen LogP contribution in [-0.4, -0.2) is 40.0 Å². The van der Waals surface area contributed by atoms with Gasteiger partial charge in [0.2, 0.25) is 0 Å². The molecule has 0 spiro atoms. The van der Waals surface area contributed by atoms with Gasteiger partial charge in [-0.2, -0.15) is 0 Å². The molecule has 0 atom stereocenters. The van der Waals surface area contributed by atoms with E-state index in [1.165, 1.54) is 26.2 Å². The molecule has 0 aliphatic heterocycles. The average Bonchev–Trinajstić information content (AvgIpc) is 2.91. The van der Waals surface area contributed by atoms with Crippen LogP contribution in [0.1, 0.15) is 66.2 Å². The molecule has 5 heteroatoms. The second kappa shape index (κ2) is 27.7. The zero-order chi connectivity index (χ0) is 29.1. The molecule has 1 aliphatic carbocycles. The maximum atomic E-state index is 10.4. The standard InChI is InChI=1S/C18H26O3.C9H16O.C3H6.C2H4O/c1-8-14(2)9-10-15(3)17(5)18(13-16(4)20-7)21-12-11-19-6;1-2-8-3-5-9(7-10)6-4-8;1-3-2;1-2-3/h9-10,13H,2-5,8,11-12H2,1,6-7H3;7-9H,2-6H2,1H3;3H,1H2,2H3;2H,1H3/b10-9-,18-13+;;;. The van der Waals surface area contributed by atoms with Crippen molar-refractivity contribution < 1.29 is 23.8 Å². The highest BCUT2D eigenvalue weighted by Crippen LogP contribution is 2.29. The number of ether oxygens (including phenoxy) is 3. The lowest BCUT2D eigenvalue weighted by Crippen LogP contribution is -2.14. The molecule has 1 fully saturated rings. The van der Waals surface area contributed by atoms with E-state index in [9.17, 15) is 4.79 Å². The van der Waals surface area contributed by atoms with Crippen LogP contribution in [0, 0.1) is 11.8 Å². The van der Waals surface area contributed by atoms with E-state index >= 15 is 0 Å². The number of rotatable bonds is 13. The van der Waals surface area contributed by atoms with Gasteiger partial charge in [0.1, 0.15) is 30.7 Å². The maximum absolute atomic E-state index is 10.4. The SMILES string of the molecule is C=C(/C=C\C(=C)C(=C)/C(=C\C(=C)OC)OCCOC)CC.C=CC.CC=O.CCC1CCC(C=O)CC1. The van der Waals surface area contributed by atoms with Gasteiger partial charge in [-0.15, -0.1) is 6.58 Å². The maximum Gasteiger partial charge on any atom is 0.130 e. The monoisotopic (exact) mass is 516 g/mol. The summed E-state index contributed by atoms with van der Waals surface area (Å²) < 4.78 is 15.7. The molecular formula is C32H52O5. The van der Waals surface area contributed by atoms with E-state index in [0.29, 0.717) is 36.2 Å². The Kier molecular flexibility index (Phi) is 28.9. The Bertz CT molecular complexity index is 728. The predicted molar refractivity (Wildman–Crippen MR) is 158 cm³/mol. The molecule has 0 aromatic rings. The highest BCUT2D eigenvalue weighted by atomic mass is 16.5. The third-order valence-electron chi connectivity index (χ3n) is 5.42. The third-order valence-corrected chi connectivity index (χ3v) is 5.42. The predicted octanol–water partition coefficient (Wildman–Crippen LogP) is 8.13. The van der Waals surface area contributed by atoms with Crippen LogP contribution >= 0.6 is 0 Å². The van der Waals surface area contributed by atoms with Gasteiger partial charge < -0.3 is 23.8 Å². The van der Waals surface area contributed by atoms with Crippen molar-refractivity contribution in [1.29, 1.82) is 0 Å². The molecule has 1 rings (SSSR count). The summed E-state index contributed by atoms with van der Waals surface area (Å²) in [5.41, 5.74) is 2.44. The lowest BCUT2D eigenvalue weighted by atomic mass is 9.82. The fraction of sp³-hybridized carbons (Fsp3) is 0.500. The van der Waals surface area contributed by atoms with E-state index in [-0.39, 0.29) is 0 Å². The summed E-state index contributed by atoms with van der Waals surface area (Å²) in [5, 5.41) is 0. The summed E-state index contributed by atoms with van der Waals surface area (Å²) in [5.74, 6) is 2.35. The lowest BCUT2D eigenvalue weighted by Gasteiger charge is -2.23. The zero-order valence-corrected chi connectivity index (χ0v) is 24.4. The van der Waals surface area contributed by atoms with Gasteiger partial charge in [-0.3, -0.25) is 0 Å². The van der Waals surface area contributed by atoms with Crippen LogP contribution in [0.15, 0.2) is 85.4 Å². The van der Waals surface area contributed by atoms with Crippen molar-refractivity contribution in [1.82, 2.24) is 0 Å². The van der Waals surface area contributed by atoms with Gasteiger partial charge in [-0.1, -0.05) is 70.4 Å². The van der Waals surface area contributed by atoms with Crippen molar-refractivity contribution in [2.75, 3.05) is 27.4 Å². The minimum atomic E-state index is 0.391. The van der Waals surface area contributed by atoms with Gasteiger partial charge in [-0.05, 0) is 57.4 Å². The van der Waals surface area contributed by atoms with Crippen molar-refractivity contribution in [3.63, 3.8) is 0 Å². The van der Waals surface area contributed by atoms with Gasteiger partial charge in [0.25, 0.3) is 0 Å². The lowest BCUT2D eigenvalue weighted by molar-refractivity contribution is -0.112. The van der Waals surface area contributed by atoms with Crippen molar-refractivity contribution in [2.24, 2.45) is 11.8 Å². The number of carbonyl (C=O) groups excluding carboxylic acids is 2. The molecule has 0 heterocycles. The third kappa shape index (κ3) is 23.2. The number of aldehydes is 2. The molecular weight excluding hydrogens is 464 g/mol. The molecule has 0 N–H and O–H groups in total. The number of hydrogen-bond acceptors (Lipinski definition) is 5. The number of allylic oxidation sites excluding steroid dienone is 6. The second-order valence-corrected chi connectivity index (χ2v) is 8.34. The summed E-state index contributed by atoms with van der Waals surface area (Å²) in [6, 6.07) is 0. The minimum Gasteiger partial charge on any atom is -0.497 e. The fourth-order valence-corrected chi connectivity index (χ4v) is 2.98. The highest BCUT2D eigenvalue weighted by molar-refractivity contribution is 5.53. The summed E-state index contributed by atoms with van der Waals surface area (Å²) in [6.45, 7) is 27.6. The Morgan fingerprint density at radius 2 is 1.46 bits per heavy atom. The Labute approximate surface area is 227 Å². The summed E-state index contributed by atoms with van der Waals surface area (Å²) in [4.78, 5) is 19.2. The van der Waals surface area contributed by atoms with Gasteiger partial charge in [-0.25, -0.2) is 0 Å². The molecule has 5 nitrogen and oxygen atoms in total. The molecule has 0 amide bonds. The van der Waals surface area contributed by atoms with Crippen molar-refractivity contribution in [2.45, 2.75) is 66.2 Å². The van der Waals surface area contributed by atoms with Crippen molar-refractivity contribution in [3.8, 4) is 0 Å². The van der Waals surface area contributed by atoms with Crippen LogP contribution in [0.5, 0.6) is 0 Å². The minimum absolute atomic E-state index is 0.391. The molecule has 0 saturated heterocycles.